The number of hydrogen-bond acceptors (Lipinski definition) is 4. The van der Waals surface area contributed by atoms with Gasteiger partial charge in [0.1, 0.15) is 11.4 Å². The van der Waals surface area contributed by atoms with Crippen molar-refractivity contribution in [1.82, 2.24) is 0 Å². The van der Waals surface area contributed by atoms with Crippen LogP contribution in [0.25, 0.3) is 0 Å². The SMILES string of the molecule is CCOC1(c2c(F)ccc(N)c2C=N)/C(=C/N)CCCC1C. The van der Waals surface area contributed by atoms with Crippen molar-refractivity contribution in [1.29, 1.82) is 5.41 Å². The van der Waals surface area contributed by atoms with Gasteiger partial charge in [-0.1, -0.05) is 6.92 Å². The minimum absolute atomic E-state index is 0.0472. The molecule has 1 aromatic rings. The molecule has 1 aliphatic carbocycles. The largest absolute Gasteiger partial charge is 0.405 e. The van der Waals surface area contributed by atoms with Gasteiger partial charge in [0.15, 0.2) is 0 Å². The van der Waals surface area contributed by atoms with E-state index in [-0.39, 0.29) is 5.92 Å². The first-order valence-electron chi connectivity index (χ1n) is 7.67. The number of nitrogens with two attached hydrogens (primary N) is 2. The van der Waals surface area contributed by atoms with Gasteiger partial charge in [-0.05, 0) is 56.0 Å². The monoisotopic (exact) mass is 305 g/mol. The fraction of sp³-hybridized carbons (Fsp3) is 0.471. The average Bonchev–Trinajstić information content (AvgIpc) is 2.51. The maximum absolute atomic E-state index is 14.7. The third-order valence-electron chi connectivity index (χ3n) is 4.57. The summed E-state index contributed by atoms with van der Waals surface area (Å²) in [6, 6.07) is 2.83. The molecule has 0 amide bonds. The molecular weight excluding hydrogens is 281 g/mol. The zero-order valence-corrected chi connectivity index (χ0v) is 13.2. The van der Waals surface area contributed by atoms with Crippen LogP contribution in [0.3, 0.4) is 0 Å². The Balaban J connectivity index is 2.81. The lowest BCUT2D eigenvalue weighted by Gasteiger charge is -2.45. The van der Waals surface area contributed by atoms with E-state index in [0.29, 0.717) is 23.4 Å². The minimum Gasteiger partial charge on any atom is -0.405 e. The number of anilines is 1. The summed E-state index contributed by atoms with van der Waals surface area (Å²) in [5, 5.41) is 7.67. The van der Waals surface area contributed by atoms with Gasteiger partial charge in [0.2, 0.25) is 0 Å². The predicted molar refractivity (Wildman–Crippen MR) is 87.3 cm³/mol. The van der Waals surface area contributed by atoms with Crippen LogP contribution < -0.4 is 11.5 Å². The highest BCUT2D eigenvalue weighted by Crippen LogP contribution is 2.50. The van der Waals surface area contributed by atoms with E-state index >= 15 is 0 Å². The average molecular weight is 305 g/mol. The predicted octanol–water partition coefficient (Wildman–Crippen LogP) is 3.30. The number of nitrogen functional groups attached to an aromatic ring is 1. The Kier molecular flexibility index (Phi) is 4.86. The second kappa shape index (κ2) is 6.48. The van der Waals surface area contributed by atoms with Crippen LogP contribution in [-0.4, -0.2) is 12.8 Å². The molecule has 2 unspecified atom stereocenters. The molecule has 4 nitrogen and oxygen atoms in total. The highest BCUT2D eigenvalue weighted by atomic mass is 19.1. The first-order valence-corrected chi connectivity index (χ1v) is 7.67. The number of nitrogens with one attached hydrogen (secondary N) is 1. The molecule has 1 aliphatic rings. The van der Waals surface area contributed by atoms with Crippen molar-refractivity contribution in [2.45, 2.75) is 38.7 Å². The Morgan fingerprint density at radius 1 is 1.50 bits per heavy atom. The Labute approximate surface area is 130 Å². The van der Waals surface area contributed by atoms with Crippen molar-refractivity contribution in [2.75, 3.05) is 12.3 Å². The van der Waals surface area contributed by atoms with Crippen LogP contribution in [0.2, 0.25) is 0 Å². The lowest BCUT2D eigenvalue weighted by Crippen LogP contribution is -2.43. The molecule has 1 saturated carbocycles. The number of ether oxygens (including phenoxy) is 1. The molecule has 0 spiro atoms. The minimum atomic E-state index is -0.950. The summed E-state index contributed by atoms with van der Waals surface area (Å²) in [4.78, 5) is 0. The molecule has 0 radical (unpaired) electrons. The van der Waals surface area contributed by atoms with Crippen molar-refractivity contribution in [3.8, 4) is 0 Å². The summed E-state index contributed by atoms with van der Waals surface area (Å²) in [6.07, 6.45) is 5.28. The van der Waals surface area contributed by atoms with Gasteiger partial charge >= 0.3 is 0 Å². The van der Waals surface area contributed by atoms with Gasteiger partial charge in [-0.2, -0.15) is 0 Å². The van der Waals surface area contributed by atoms with E-state index in [9.17, 15) is 4.39 Å². The maximum Gasteiger partial charge on any atom is 0.130 e. The molecule has 120 valence electrons. The van der Waals surface area contributed by atoms with Crippen molar-refractivity contribution >= 4 is 11.9 Å². The first kappa shape index (κ1) is 16.5. The lowest BCUT2D eigenvalue weighted by atomic mass is 9.67. The molecular formula is C17H24FN3O. The summed E-state index contributed by atoms with van der Waals surface area (Å²) in [5.74, 6) is -0.361. The maximum atomic E-state index is 14.7. The van der Waals surface area contributed by atoms with Gasteiger partial charge in [0.05, 0.1) is 0 Å². The van der Waals surface area contributed by atoms with E-state index in [1.165, 1.54) is 18.3 Å². The highest BCUT2D eigenvalue weighted by molar-refractivity contribution is 5.88. The summed E-state index contributed by atoms with van der Waals surface area (Å²) >= 11 is 0. The molecule has 22 heavy (non-hydrogen) atoms. The molecule has 1 fully saturated rings. The summed E-state index contributed by atoms with van der Waals surface area (Å²) in [7, 11) is 0. The molecule has 5 heteroatoms. The molecule has 0 heterocycles. The van der Waals surface area contributed by atoms with Crippen LogP contribution in [0.15, 0.2) is 23.9 Å². The summed E-state index contributed by atoms with van der Waals surface area (Å²) in [5.41, 5.74) is 12.8. The van der Waals surface area contributed by atoms with E-state index in [2.05, 4.69) is 0 Å². The van der Waals surface area contributed by atoms with Crippen LogP contribution in [0.5, 0.6) is 0 Å². The number of halogens is 1. The number of benzene rings is 1. The fourth-order valence-corrected chi connectivity index (χ4v) is 3.60. The molecule has 0 bridgehead atoms. The molecule has 0 aromatic heterocycles. The highest BCUT2D eigenvalue weighted by Gasteiger charge is 2.47. The third kappa shape index (κ3) is 2.39. The first-order chi connectivity index (χ1) is 10.5. The van der Waals surface area contributed by atoms with Crippen LogP contribution >= 0.6 is 0 Å². The van der Waals surface area contributed by atoms with Gasteiger partial charge in [-0.25, -0.2) is 4.39 Å². The molecule has 2 atom stereocenters. The molecule has 2 rings (SSSR count). The zero-order valence-electron chi connectivity index (χ0n) is 13.2. The van der Waals surface area contributed by atoms with Gasteiger partial charge in [-0.3, -0.25) is 0 Å². The summed E-state index contributed by atoms with van der Waals surface area (Å²) in [6.45, 7) is 4.34. The molecule has 0 aliphatic heterocycles. The smallest absolute Gasteiger partial charge is 0.130 e. The molecule has 0 saturated heterocycles. The van der Waals surface area contributed by atoms with Crippen LogP contribution in [0.4, 0.5) is 10.1 Å². The topological polar surface area (TPSA) is 85.1 Å². The standard InChI is InChI=1S/C17H24FN3O/c1-3-22-17(11(2)5-4-6-12(17)9-19)16-13(10-20)15(21)8-7-14(16)18/h7-11,20H,3-6,19,21H2,1-2H3/b12-9+,20-10?. The number of hydrogen-bond donors (Lipinski definition) is 3. The molecule has 1 aromatic carbocycles. The second-order valence-electron chi connectivity index (χ2n) is 5.72. The second-order valence-corrected chi connectivity index (χ2v) is 5.72. The van der Waals surface area contributed by atoms with E-state index in [1.807, 2.05) is 13.8 Å². The molecule has 5 N–H and O–H groups in total. The van der Waals surface area contributed by atoms with Crippen molar-refractivity contribution in [2.24, 2.45) is 11.7 Å². The lowest BCUT2D eigenvalue weighted by molar-refractivity contribution is -0.0706. The van der Waals surface area contributed by atoms with E-state index in [4.69, 9.17) is 21.6 Å². The van der Waals surface area contributed by atoms with E-state index in [1.54, 1.807) is 0 Å². The van der Waals surface area contributed by atoms with E-state index < -0.39 is 11.4 Å². The van der Waals surface area contributed by atoms with Crippen LogP contribution in [0, 0.1) is 17.1 Å². The van der Waals surface area contributed by atoms with Crippen molar-refractivity contribution in [3.05, 3.63) is 40.8 Å². The normalized spacial score (nSPS) is 27.0. The van der Waals surface area contributed by atoms with Gasteiger partial charge in [0.25, 0.3) is 0 Å². The van der Waals surface area contributed by atoms with E-state index in [0.717, 1.165) is 31.1 Å². The summed E-state index contributed by atoms with van der Waals surface area (Å²) < 4.78 is 20.8. The van der Waals surface area contributed by atoms with Crippen molar-refractivity contribution < 1.29 is 9.13 Å². The van der Waals surface area contributed by atoms with Crippen LogP contribution in [0.1, 0.15) is 44.2 Å². The van der Waals surface area contributed by atoms with Gasteiger partial charge in [-0.15, -0.1) is 0 Å². The Bertz CT molecular complexity index is 600. The van der Waals surface area contributed by atoms with Crippen LogP contribution in [-0.2, 0) is 10.3 Å². The quantitative estimate of drug-likeness (QED) is 0.589. The Morgan fingerprint density at radius 2 is 2.23 bits per heavy atom. The zero-order chi connectivity index (χ0) is 16.3. The third-order valence-corrected chi connectivity index (χ3v) is 4.57. The Hall–Kier alpha value is -1.88. The van der Waals surface area contributed by atoms with Crippen molar-refractivity contribution in [3.63, 3.8) is 0 Å². The van der Waals surface area contributed by atoms with Gasteiger partial charge in [0, 0.05) is 29.6 Å². The van der Waals surface area contributed by atoms with Gasteiger partial charge < -0.3 is 21.6 Å². The fourth-order valence-electron chi connectivity index (χ4n) is 3.60. The number of rotatable bonds is 4. The Morgan fingerprint density at radius 3 is 2.82 bits per heavy atom.